The lowest BCUT2D eigenvalue weighted by atomic mass is 9.86. The summed E-state index contributed by atoms with van der Waals surface area (Å²) in [6, 6.07) is 0. The highest BCUT2D eigenvalue weighted by Gasteiger charge is 2.25. The summed E-state index contributed by atoms with van der Waals surface area (Å²) in [4.78, 5) is 14.1. The Morgan fingerprint density at radius 1 is 1.41 bits per heavy atom. The molecular formula is C13H21N3O. The number of piperidine rings is 1. The molecule has 1 aliphatic heterocycles. The van der Waals surface area contributed by atoms with Crippen molar-refractivity contribution in [1.82, 2.24) is 14.7 Å². The quantitative estimate of drug-likeness (QED) is 0.785. The Morgan fingerprint density at radius 2 is 2.06 bits per heavy atom. The first kappa shape index (κ1) is 12.1. The van der Waals surface area contributed by atoms with Gasteiger partial charge < -0.3 is 4.90 Å². The number of rotatable bonds is 2. The molecule has 1 aromatic rings. The van der Waals surface area contributed by atoms with E-state index in [1.54, 1.807) is 17.1 Å². The van der Waals surface area contributed by atoms with Gasteiger partial charge in [0.05, 0.1) is 11.8 Å². The molecule has 0 spiro atoms. The van der Waals surface area contributed by atoms with Gasteiger partial charge in [-0.05, 0) is 24.7 Å². The van der Waals surface area contributed by atoms with E-state index in [4.69, 9.17) is 0 Å². The summed E-state index contributed by atoms with van der Waals surface area (Å²) in [6.07, 6.45) is 5.70. The van der Waals surface area contributed by atoms with Crippen LogP contribution >= 0.6 is 0 Å². The molecule has 94 valence electrons. The van der Waals surface area contributed by atoms with E-state index < -0.39 is 0 Å². The molecule has 1 fully saturated rings. The van der Waals surface area contributed by atoms with Gasteiger partial charge in [-0.3, -0.25) is 9.48 Å². The minimum atomic E-state index is 0.125. The van der Waals surface area contributed by atoms with Crippen LogP contribution in [-0.4, -0.2) is 33.7 Å². The SMILES string of the molecule is CC(C)C1CCN(C(=O)c2cnn(C)c2)CC1. The molecule has 2 rings (SSSR count). The second-order valence-electron chi connectivity index (χ2n) is 5.28. The third-order valence-electron chi connectivity index (χ3n) is 3.72. The van der Waals surface area contributed by atoms with Gasteiger partial charge in [0.2, 0.25) is 0 Å². The van der Waals surface area contributed by atoms with Crippen molar-refractivity contribution in [2.45, 2.75) is 26.7 Å². The number of hydrogen-bond acceptors (Lipinski definition) is 2. The van der Waals surface area contributed by atoms with Gasteiger partial charge in [0.15, 0.2) is 0 Å². The topological polar surface area (TPSA) is 38.1 Å². The van der Waals surface area contributed by atoms with Crippen LogP contribution in [0.15, 0.2) is 12.4 Å². The third-order valence-corrected chi connectivity index (χ3v) is 3.72. The van der Waals surface area contributed by atoms with Gasteiger partial charge in [-0.15, -0.1) is 0 Å². The number of carbonyl (C=O) groups excluding carboxylic acids is 1. The monoisotopic (exact) mass is 235 g/mol. The zero-order valence-corrected chi connectivity index (χ0v) is 10.9. The van der Waals surface area contributed by atoms with Crippen LogP contribution in [-0.2, 0) is 7.05 Å². The fraction of sp³-hybridized carbons (Fsp3) is 0.692. The average Bonchev–Trinajstić information content (AvgIpc) is 2.75. The van der Waals surface area contributed by atoms with Crippen molar-refractivity contribution < 1.29 is 4.79 Å². The maximum Gasteiger partial charge on any atom is 0.257 e. The van der Waals surface area contributed by atoms with E-state index in [-0.39, 0.29) is 5.91 Å². The predicted octanol–water partition coefficient (Wildman–Crippen LogP) is 1.93. The first-order valence-electron chi connectivity index (χ1n) is 6.36. The number of aromatic nitrogens is 2. The van der Waals surface area contributed by atoms with Crippen LogP contribution in [0, 0.1) is 11.8 Å². The molecule has 0 aliphatic carbocycles. The Hall–Kier alpha value is -1.32. The number of hydrogen-bond donors (Lipinski definition) is 0. The molecule has 0 N–H and O–H groups in total. The molecule has 2 heterocycles. The molecule has 1 aromatic heterocycles. The highest BCUT2D eigenvalue weighted by Crippen LogP contribution is 2.25. The maximum absolute atomic E-state index is 12.2. The molecule has 4 heteroatoms. The molecular weight excluding hydrogens is 214 g/mol. The summed E-state index contributed by atoms with van der Waals surface area (Å²) < 4.78 is 1.67. The Kier molecular flexibility index (Phi) is 3.50. The van der Waals surface area contributed by atoms with Crippen molar-refractivity contribution in [3.8, 4) is 0 Å². The number of aryl methyl sites for hydroxylation is 1. The van der Waals surface area contributed by atoms with Crippen LogP contribution < -0.4 is 0 Å². The molecule has 0 bridgehead atoms. The van der Waals surface area contributed by atoms with Crippen molar-refractivity contribution in [3.63, 3.8) is 0 Å². The molecule has 17 heavy (non-hydrogen) atoms. The molecule has 0 atom stereocenters. The molecule has 1 saturated heterocycles. The van der Waals surface area contributed by atoms with Crippen LogP contribution in [0.1, 0.15) is 37.0 Å². The molecule has 1 aliphatic rings. The first-order chi connectivity index (χ1) is 8.08. The van der Waals surface area contributed by atoms with Crippen LogP contribution in [0.4, 0.5) is 0 Å². The normalized spacial score (nSPS) is 17.8. The standard InChI is InChI=1S/C13H21N3O/c1-10(2)11-4-6-16(7-5-11)13(17)12-8-14-15(3)9-12/h8-11H,4-7H2,1-3H3. The molecule has 4 nitrogen and oxygen atoms in total. The van der Waals surface area contributed by atoms with Crippen molar-refractivity contribution in [1.29, 1.82) is 0 Å². The molecule has 0 radical (unpaired) electrons. The number of carbonyl (C=O) groups is 1. The maximum atomic E-state index is 12.2. The van der Waals surface area contributed by atoms with E-state index >= 15 is 0 Å². The Bertz CT molecular complexity index is 389. The van der Waals surface area contributed by atoms with E-state index in [0.717, 1.165) is 37.8 Å². The van der Waals surface area contributed by atoms with E-state index in [2.05, 4.69) is 18.9 Å². The van der Waals surface area contributed by atoms with E-state index in [0.29, 0.717) is 5.56 Å². The third kappa shape index (κ3) is 2.68. The second-order valence-corrected chi connectivity index (χ2v) is 5.28. The van der Waals surface area contributed by atoms with E-state index in [9.17, 15) is 4.79 Å². The van der Waals surface area contributed by atoms with Gasteiger partial charge in [-0.2, -0.15) is 5.10 Å². The lowest BCUT2D eigenvalue weighted by molar-refractivity contribution is 0.0667. The Morgan fingerprint density at radius 3 is 2.53 bits per heavy atom. The molecule has 0 aromatic carbocycles. The van der Waals surface area contributed by atoms with E-state index in [1.807, 2.05) is 11.9 Å². The van der Waals surface area contributed by atoms with Crippen LogP contribution in [0.2, 0.25) is 0 Å². The Balaban J connectivity index is 1.95. The summed E-state index contributed by atoms with van der Waals surface area (Å²) in [5.41, 5.74) is 0.704. The predicted molar refractivity (Wildman–Crippen MR) is 66.7 cm³/mol. The van der Waals surface area contributed by atoms with Gasteiger partial charge in [0.1, 0.15) is 0 Å². The van der Waals surface area contributed by atoms with Gasteiger partial charge in [-0.1, -0.05) is 13.8 Å². The summed E-state index contributed by atoms with van der Waals surface area (Å²) in [5.74, 6) is 1.62. The van der Waals surface area contributed by atoms with Gasteiger partial charge >= 0.3 is 0 Å². The van der Waals surface area contributed by atoms with Gasteiger partial charge in [0, 0.05) is 26.3 Å². The van der Waals surface area contributed by atoms with E-state index in [1.165, 1.54) is 0 Å². The summed E-state index contributed by atoms with van der Waals surface area (Å²) in [7, 11) is 1.84. The number of amides is 1. The van der Waals surface area contributed by atoms with Crippen LogP contribution in [0.3, 0.4) is 0 Å². The lowest BCUT2D eigenvalue weighted by Gasteiger charge is -2.33. The average molecular weight is 235 g/mol. The van der Waals surface area contributed by atoms with Crippen LogP contribution in [0.5, 0.6) is 0 Å². The second kappa shape index (κ2) is 4.90. The molecule has 0 saturated carbocycles. The smallest absolute Gasteiger partial charge is 0.257 e. The minimum Gasteiger partial charge on any atom is -0.339 e. The Labute approximate surface area is 103 Å². The molecule has 0 unspecified atom stereocenters. The zero-order chi connectivity index (χ0) is 12.4. The van der Waals surface area contributed by atoms with Crippen molar-refractivity contribution in [2.75, 3.05) is 13.1 Å². The van der Waals surface area contributed by atoms with Gasteiger partial charge in [-0.25, -0.2) is 0 Å². The van der Waals surface area contributed by atoms with Crippen molar-refractivity contribution in [3.05, 3.63) is 18.0 Å². The fourth-order valence-electron chi connectivity index (χ4n) is 2.48. The highest BCUT2D eigenvalue weighted by molar-refractivity contribution is 5.93. The summed E-state index contributed by atoms with van der Waals surface area (Å²) >= 11 is 0. The lowest BCUT2D eigenvalue weighted by Crippen LogP contribution is -2.39. The molecule has 1 amide bonds. The summed E-state index contributed by atoms with van der Waals surface area (Å²) in [5, 5.41) is 4.04. The van der Waals surface area contributed by atoms with Crippen molar-refractivity contribution in [2.24, 2.45) is 18.9 Å². The zero-order valence-electron chi connectivity index (χ0n) is 10.9. The first-order valence-corrected chi connectivity index (χ1v) is 6.36. The number of nitrogens with zero attached hydrogens (tertiary/aromatic N) is 3. The largest absolute Gasteiger partial charge is 0.339 e. The number of likely N-dealkylation sites (tertiary alicyclic amines) is 1. The van der Waals surface area contributed by atoms with Gasteiger partial charge in [0.25, 0.3) is 5.91 Å². The van der Waals surface area contributed by atoms with Crippen LogP contribution in [0.25, 0.3) is 0 Å². The minimum absolute atomic E-state index is 0.125. The highest BCUT2D eigenvalue weighted by atomic mass is 16.2. The fourth-order valence-corrected chi connectivity index (χ4v) is 2.48. The summed E-state index contributed by atoms with van der Waals surface area (Å²) in [6.45, 7) is 6.31. The van der Waals surface area contributed by atoms with Crippen molar-refractivity contribution >= 4 is 5.91 Å².